The lowest BCUT2D eigenvalue weighted by Crippen LogP contribution is -2.55. The van der Waals surface area contributed by atoms with Crippen molar-refractivity contribution in [3.8, 4) is 0 Å². The smallest absolute Gasteiger partial charge is 0.410 e. The van der Waals surface area contributed by atoms with Gasteiger partial charge in [0.25, 0.3) is 0 Å². The van der Waals surface area contributed by atoms with Crippen LogP contribution in [0.2, 0.25) is 0 Å². The summed E-state index contributed by atoms with van der Waals surface area (Å²) in [5, 5.41) is 2.91. The Kier molecular flexibility index (Phi) is 14.5. The number of likely N-dealkylation sites (tertiary alicyclic amines) is 4. The maximum absolute atomic E-state index is 13.8. The number of nitrogens with zero attached hydrogens (tertiary/aromatic N) is 4. The third-order valence-electron chi connectivity index (χ3n) is 12.0. The van der Waals surface area contributed by atoms with Gasteiger partial charge in [0.2, 0.25) is 5.91 Å². The largest absolute Gasteiger partial charge is 0.445 e. The molecule has 7 rings (SSSR count). The Balaban J connectivity index is 0.000000213. The molecule has 1 N–H and O–H groups in total. The highest BCUT2D eigenvalue weighted by Gasteiger charge is 2.50. The second-order valence-electron chi connectivity index (χ2n) is 18.6. The molecule has 2 aromatic rings. The van der Waals surface area contributed by atoms with Crippen LogP contribution in [0.5, 0.6) is 0 Å². The highest BCUT2D eigenvalue weighted by molar-refractivity contribution is 5.87. The molecular weight excluding hydrogens is 767 g/mol. The van der Waals surface area contributed by atoms with Crippen molar-refractivity contribution in [1.29, 1.82) is 0 Å². The monoisotopic (exact) mass is 831 g/mol. The van der Waals surface area contributed by atoms with Gasteiger partial charge in [0.05, 0.1) is 24.2 Å². The third kappa shape index (κ3) is 11.6. The van der Waals surface area contributed by atoms with Crippen molar-refractivity contribution in [3.05, 3.63) is 71.8 Å². The van der Waals surface area contributed by atoms with Crippen LogP contribution in [0.15, 0.2) is 60.7 Å². The summed E-state index contributed by atoms with van der Waals surface area (Å²) >= 11 is 0. The van der Waals surface area contributed by atoms with E-state index in [0.717, 1.165) is 68.9 Å². The topological polar surface area (TPSA) is 147 Å². The maximum atomic E-state index is 13.8. The molecule has 0 bridgehead atoms. The molecule has 5 atom stereocenters. The van der Waals surface area contributed by atoms with E-state index in [1.807, 2.05) is 107 Å². The average Bonchev–Trinajstić information content (AvgIpc) is 4.01. The van der Waals surface area contributed by atoms with Crippen LogP contribution in [0.4, 0.5) is 19.2 Å². The highest BCUT2D eigenvalue weighted by Crippen LogP contribution is 2.36. The normalized spacial score (nSPS) is 23.2. The number of hydrogen-bond acceptors (Lipinski definition) is 9. The Labute approximate surface area is 355 Å². The van der Waals surface area contributed by atoms with Gasteiger partial charge in [0, 0.05) is 26.2 Å². The fourth-order valence-corrected chi connectivity index (χ4v) is 9.31. The summed E-state index contributed by atoms with van der Waals surface area (Å²) in [6.45, 7) is 13.9. The molecular formula is C46H65N5O9. The zero-order chi connectivity index (χ0) is 43.0. The fourth-order valence-electron chi connectivity index (χ4n) is 9.31. The van der Waals surface area contributed by atoms with Crippen LogP contribution in [-0.4, -0.2) is 117 Å². The highest BCUT2D eigenvalue weighted by atomic mass is 16.6. The van der Waals surface area contributed by atoms with Crippen molar-refractivity contribution >= 4 is 30.3 Å². The van der Waals surface area contributed by atoms with Crippen LogP contribution in [0, 0.1) is 5.92 Å². The first-order valence-electron chi connectivity index (χ1n) is 21.8. The van der Waals surface area contributed by atoms with E-state index in [1.165, 1.54) is 0 Å². The lowest BCUT2D eigenvalue weighted by Gasteiger charge is -2.35. The van der Waals surface area contributed by atoms with E-state index >= 15 is 0 Å². The first kappa shape index (κ1) is 44.5. The molecule has 0 radical (unpaired) electrons. The number of fused-ring (bicyclic) bond motifs is 2. The standard InChI is InChI=1S/C27H39N3O5.C19H26N2O4/c1-27(2,3)35-25(32)28-23(20-12-8-5-9-13-20)24(31)29-16-14-22-21(29)15-17-30(22)26(33)34-18-19-10-6-4-7-11-19;1-19(2,3)25-18(23)21-12-10-15-16(21)9-11-20(15)17(22)24-13-14-7-5-4-6-8-14/h4,6-7,10-11,20-23H,5,8-9,12-18H2,1-3H3,(H,28,32);4-8,15-16H,9-13H2,1-3H3/t21-,22-,23+;15-,16-/m11/s1. The molecule has 328 valence electrons. The predicted molar refractivity (Wildman–Crippen MR) is 225 cm³/mol. The predicted octanol–water partition coefficient (Wildman–Crippen LogP) is 7.88. The number of alkyl carbamates (subject to hydrolysis) is 1. The molecule has 14 nitrogen and oxygen atoms in total. The molecule has 5 aliphatic rings. The van der Waals surface area contributed by atoms with Crippen LogP contribution >= 0.6 is 0 Å². The lowest BCUT2D eigenvalue weighted by molar-refractivity contribution is -0.136. The van der Waals surface area contributed by atoms with Crippen LogP contribution in [0.1, 0.15) is 110 Å². The van der Waals surface area contributed by atoms with E-state index in [2.05, 4.69) is 5.32 Å². The molecule has 0 aromatic heterocycles. The zero-order valence-corrected chi connectivity index (χ0v) is 36.3. The minimum Gasteiger partial charge on any atom is -0.445 e. The third-order valence-corrected chi connectivity index (χ3v) is 12.0. The minimum absolute atomic E-state index is 0.0239. The number of carbonyl (C=O) groups is 5. The molecule has 0 spiro atoms. The summed E-state index contributed by atoms with van der Waals surface area (Å²) in [5.74, 6) is 0.0610. The Morgan fingerprint density at radius 1 is 0.550 bits per heavy atom. The number of rotatable bonds is 7. The minimum atomic E-state index is -0.630. The molecule has 2 aromatic carbocycles. The number of amides is 5. The van der Waals surface area contributed by atoms with Gasteiger partial charge in [-0.05, 0) is 97.1 Å². The summed E-state index contributed by atoms with van der Waals surface area (Å²) in [4.78, 5) is 71.2. The molecule has 0 unspecified atom stereocenters. The number of hydrogen-bond donors (Lipinski definition) is 1. The Hall–Kier alpha value is -5.01. The van der Waals surface area contributed by atoms with Crippen molar-refractivity contribution in [2.45, 2.75) is 154 Å². The molecule has 4 heterocycles. The summed E-state index contributed by atoms with van der Waals surface area (Å²) in [6.07, 6.45) is 6.66. The Bertz CT molecular complexity index is 1780. The van der Waals surface area contributed by atoms with Crippen molar-refractivity contribution in [2.24, 2.45) is 5.92 Å². The van der Waals surface area contributed by atoms with E-state index in [1.54, 1.807) is 14.7 Å². The first-order chi connectivity index (χ1) is 28.6. The van der Waals surface area contributed by atoms with Crippen LogP contribution in [0.3, 0.4) is 0 Å². The molecule has 60 heavy (non-hydrogen) atoms. The van der Waals surface area contributed by atoms with Crippen molar-refractivity contribution in [1.82, 2.24) is 24.9 Å². The van der Waals surface area contributed by atoms with Crippen molar-refractivity contribution in [3.63, 3.8) is 0 Å². The zero-order valence-electron chi connectivity index (χ0n) is 36.3. The van der Waals surface area contributed by atoms with Gasteiger partial charge in [-0.3, -0.25) is 4.79 Å². The molecule has 1 saturated carbocycles. The Morgan fingerprint density at radius 2 is 0.950 bits per heavy atom. The van der Waals surface area contributed by atoms with Gasteiger partial charge in [0.15, 0.2) is 0 Å². The number of carbonyl (C=O) groups excluding carboxylic acids is 5. The number of nitrogens with one attached hydrogen (secondary N) is 1. The number of ether oxygens (including phenoxy) is 4. The van der Waals surface area contributed by atoms with E-state index in [-0.39, 0.29) is 67.5 Å². The summed E-state index contributed by atoms with van der Waals surface area (Å²) in [6, 6.07) is 18.6. The van der Waals surface area contributed by atoms with Crippen molar-refractivity contribution in [2.75, 3.05) is 26.2 Å². The molecule has 4 aliphatic heterocycles. The van der Waals surface area contributed by atoms with Crippen LogP contribution < -0.4 is 5.32 Å². The lowest BCUT2D eigenvalue weighted by atomic mass is 9.83. The van der Waals surface area contributed by atoms with Crippen molar-refractivity contribution < 1.29 is 42.9 Å². The molecule has 14 heteroatoms. The molecule has 1 aliphatic carbocycles. The van der Waals surface area contributed by atoms with E-state index in [0.29, 0.717) is 26.2 Å². The van der Waals surface area contributed by atoms with Gasteiger partial charge in [-0.1, -0.05) is 79.9 Å². The average molecular weight is 832 g/mol. The van der Waals surface area contributed by atoms with E-state index < -0.39 is 23.3 Å². The SMILES string of the molecule is CC(C)(C)OC(=O)N1CC[C@@H]2[C@H]1CCN2C(=O)OCc1ccccc1.CC(C)(C)OC(=O)N[C@H](C(=O)N1CC[C@@H]2[C@H]1CCN2C(=O)OCc1ccccc1)C1CCCCC1. The van der Waals surface area contributed by atoms with Gasteiger partial charge in [-0.15, -0.1) is 0 Å². The first-order valence-corrected chi connectivity index (χ1v) is 21.8. The summed E-state index contributed by atoms with van der Waals surface area (Å²) < 4.78 is 22.0. The van der Waals surface area contributed by atoms with Gasteiger partial charge in [0.1, 0.15) is 30.5 Å². The van der Waals surface area contributed by atoms with Gasteiger partial charge in [-0.2, -0.15) is 0 Å². The summed E-state index contributed by atoms with van der Waals surface area (Å²) in [7, 11) is 0. The maximum Gasteiger partial charge on any atom is 0.410 e. The van der Waals surface area contributed by atoms with Crippen LogP contribution in [0.25, 0.3) is 0 Å². The Morgan fingerprint density at radius 3 is 1.38 bits per heavy atom. The molecule has 4 saturated heterocycles. The second kappa shape index (κ2) is 19.6. The summed E-state index contributed by atoms with van der Waals surface area (Å²) in [5.41, 5.74) is 0.772. The quantitative estimate of drug-likeness (QED) is 0.275. The van der Waals surface area contributed by atoms with E-state index in [4.69, 9.17) is 18.9 Å². The van der Waals surface area contributed by atoms with Gasteiger partial charge < -0.3 is 43.9 Å². The fraction of sp³-hybridized carbons (Fsp3) is 0.630. The molecule has 5 fully saturated rings. The molecule has 5 amide bonds. The van der Waals surface area contributed by atoms with Crippen LogP contribution in [-0.2, 0) is 37.0 Å². The second-order valence-corrected chi connectivity index (χ2v) is 18.6. The van der Waals surface area contributed by atoms with E-state index in [9.17, 15) is 24.0 Å². The van der Waals surface area contributed by atoms with Gasteiger partial charge in [-0.25, -0.2) is 19.2 Å². The van der Waals surface area contributed by atoms with Gasteiger partial charge >= 0.3 is 24.4 Å². The number of benzene rings is 2.